The Labute approximate surface area is 180 Å². The van der Waals surface area contributed by atoms with Gasteiger partial charge in [0.05, 0.1) is 10.4 Å². The van der Waals surface area contributed by atoms with E-state index < -0.39 is 0 Å². The van der Waals surface area contributed by atoms with E-state index in [1.165, 1.54) is 49.9 Å². The molecule has 0 saturated heterocycles. The number of fused-ring (bicyclic) bond motifs is 11. The summed E-state index contributed by atoms with van der Waals surface area (Å²) in [7, 11) is 0. The molecule has 0 heterocycles. The highest BCUT2D eigenvalue weighted by Crippen LogP contribution is 2.64. The molecule has 0 nitrogen and oxygen atoms in total. The highest BCUT2D eigenvalue weighted by Gasteiger charge is 2.52. The van der Waals surface area contributed by atoms with Crippen molar-refractivity contribution >= 4 is 22.4 Å². The first-order chi connectivity index (χ1) is 14.8. The predicted molar refractivity (Wildman–Crippen MR) is 125 cm³/mol. The third-order valence-electron chi connectivity index (χ3n) is 6.93. The van der Waals surface area contributed by atoms with Crippen molar-refractivity contribution < 1.29 is 0 Å². The average Bonchev–Trinajstić information content (AvgIpc) is 3.27. The summed E-state index contributed by atoms with van der Waals surface area (Å²) in [6.07, 6.45) is 0. The third kappa shape index (κ3) is 1.75. The molecule has 0 aromatic heterocycles. The second kappa shape index (κ2) is 5.62. The molecule has 0 unspecified atom stereocenters. The number of benzene rings is 5. The van der Waals surface area contributed by atoms with Gasteiger partial charge in [-0.05, 0) is 56.0 Å². The quantitative estimate of drug-likeness (QED) is 0.243. The molecule has 7 rings (SSSR count). The molecule has 2 aliphatic carbocycles. The lowest BCUT2D eigenvalue weighted by molar-refractivity contribution is 0.795. The van der Waals surface area contributed by atoms with E-state index in [1.807, 2.05) is 0 Å². The lowest BCUT2D eigenvalue weighted by Crippen LogP contribution is -2.26. The topological polar surface area (TPSA) is 0 Å². The molecular formula is C29H17Cl. The lowest BCUT2D eigenvalue weighted by atomic mass is 9.70. The monoisotopic (exact) mass is 400 g/mol. The van der Waals surface area contributed by atoms with Crippen LogP contribution < -0.4 is 0 Å². The molecule has 0 atom stereocenters. The summed E-state index contributed by atoms with van der Waals surface area (Å²) in [5.74, 6) is 0. The van der Waals surface area contributed by atoms with Crippen LogP contribution in [0.15, 0.2) is 103 Å². The first-order valence-corrected chi connectivity index (χ1v) is 10.7. The molecule has 0 amide bonds. The van der Waals surface area contributed by atoms with Gasteiger partial charge < -0.3 is 0 Å². The van der Waals surface area contributed by atoms with Gasteiger partial charge in [0.1, 0.15) is 0 Å². The van der Waals surface area contributed by atoms with Gasteiger partial charge in [-0.25, -0.2) is 0 Å². The van der Waals surface area contributed by atoms with Crippen molar-refractivity contribution in [1.29, 1.82) is 0 Å². The molecule has 1 heteroatoms. The zero-order valence-corrected chi connectivity index (χ0v) is 16.9. The van der Waals surface area contributed by atoms with Crippen LogP contribution in [0.5, 0.6) is 0 Å². The maximum absolute atomic E-state index is 7.28. The number of hydrogen-bond acceptors (Lipinski definition) is 0. The smallest absolute Gasteiger partial charge is 0.0740 e. The van der Waals surface area contributed by atoms with Gasteiger partial charge in [-0.1, -0.05) is 109 Å². The van der Waals surface area contributed by atoms with E-state index in [9.17, 15) is 0 Å². The molecule has 5 aromatic carbocycles. The van der Waals surface area contributed by atoms with Crippen molar-refractivity contribution in [3.63, 3.8) is 0 Å². The maximum atomic E-state index is 7.28. The minimum absolute atomic E-state index is 0.375. The summed E-state index contributed by atoms with van der Waals surface area (Å²) >= 11 is 7.28. The Kier molecular flexibility index (Phi) is 3.08. The van der Waals surface area contributed by atoms with Crippen LogP contribution in [0.4, 0.5) is 0 Å². The first kappa shape index (κ1) is 16.4. The Bertz CT molecular complexity index is 1460. The van der Waals surface area contributed by atoms with Crippen LogP contribution >= 0.6 is 11.6 Å². The second-order valence-electron chi connectivity index (χ2n) is 8.22. The van der Waals surface area contributed by atoms with E-state index in [-0.39, 0.29) is 5.41 Å². The van der Waals surface area contributed by atoms with Crippen LogP contribution in [0.25, 0.3) is 33.0 Å². The molecule has 1 spiro atoms. The normalized spacial score (nSPS) is 14.4. The predicted octanol–water partition coefficient (Wildman–Crippen LogP) is 7.84. The number of halogens is 1. The van der Waals surface area contributed by atoms with Crippen LogP contribution in [0.3, 0.4) is 0 Å². The highest BCUT2D eigenvalue weighted by atomic mass is 35.5. The van der Waals surface area contributed by atoms with Gasteiger partial charge in [0.2, 0.25) is 0 Å². The summed E-state index contributed by atoms with van der Waals surface area (Å²) in [6.45, 7) is 0. The van der Waals surface area contributed by atoms with Crippen molar-refractivity contribution in [2.24, 2.45) is 0 Å². The minimum atomic E-state index is -0.375. The summed E-state index contributed by atoms with van der Waals surface area (Å²) in [5.41, 5.74) is 9.98. The van der Waals surface area contributed by atoms with Crippen LogP contribution in [-0.4, -0.2) is 0 Å². The van der Waals surface area contributed by atoms with Gasteiger partial charge in [-0.2, -0.15) is 0 Å². The van der Waals surface area contributed by atoms with Gasteiger partial charge in [0, 0.05) is 5.39 Å². The SMILES string of the molecule is Clc1c2c(cc3ccccc13)-c1ccccc1C21c2ccccc2-c2ccccc21. The molecule has 0 aliphatic heterocycles. The van der Waals surface area contributed by atoms with Gasteiger partial charge >= 0.3 is 0 Å². The molecule has 5 aromatic rings. The van der Waals surface area contributed by atoms with Gasteiger partial charge in [0.15, 0.2) is 0 Å². The Morgan fingerprint density at radius 1 is 0.500 bits per heavy atom. The fourth-order valence-corrected chi connectivity index (χ4v) is 6.27. The maximum Gasteiger partial charge on any atom is 0.0740 e. The van der Waals surface area contributed by atoms with Crippen molar-refractivity contribution in [1.82, 2.24) is 0 Å². The van der Waals surface area contributed by atoms with Crippen molar-refractivity contribution in [3.05, 3.63) is 130 Å². The Balaban J connectivity index is 1.77. The Morgan fingerprint density at radius 2 is 0.967 bits per heavy atom. The molecular weight excluding hydrogens is 384 g/mol. The van der Waals surface area contributed by atoms with Gasteiger partial charge in [-0.15, -0.1) is 0 Å². The zero-order chi connectivity index (χ0) is 19.9. The first-order valence-electron chi connectivity index (χ1n) is 10.3. The van der Waals surface area contributed by atoms with E-state index in [4.69, 9.17) is 11.6 Å². The van der Waals surface area contributed by atoms with Crippen LogP contribution in [-0.2, 0) is 5.41 Å². The molecule has 30 heavy (non-hydrogen) atoms. The molecule has 140 valence electrons. The van der Waals surface area contributed by atoms with E-state index in [0.717, 1.165) is 10.4 Å². The van der Waals surface area contributed by atoms with E-state index >= 15 is 0 Å². The van der Waals surface area contributed by atoms with E-state index in [1.54, 1.807) is 0 Å². The molecule has 2 aliphatic rings. The van der Waals surface area contributed by atoms with Crippen molar-refractivity contribution in [3.8, 4) is 22.3 Å². The van der Waals surface area contributed by atoms with Crippen molar-refractivity contribution in [2.45, 2.75) is 5.41 Å². The van der Waals surface area contributed by atoms with Crippen LogP contribution in [0, 0.1) is 0 Å². The number of rotatable bonds is 0. The van der Waals surface area contributed by atoms with Crippen molar-refractivity contribution in [2.75, 3.05) is 0 Å². The fraction of sp³-hybridized carbons (Fsp3) is 0.0345. The van der Waals surface area contributed by atoms with E-state index in [2.05, 4.69) is 103 Å². The second-order valence-corrected chi connectivity index (χ2v) is 8.60. The van der Waals surface area contributed by atoms with Gasteiger partial charge in [0.25, 0.3) is 0 Å². The highest BCUT2D eigenvalue weighted by molar-refractivity contribution is 6.37. The molecule has 0 N–H and O–H groups in total. The third-order valence-corrected chi connectivity index (χ3v) is 7.33. The zero-order valence-electron chi connectivity index (χ0n) is 16.2. The largest absolute Gasteiger partial charge is 0.0833 e. The van der Waals surface area contributed by atoms with Gasteiger partial charge in [-0.3, -0.25) is 0 Å². The summed E-state index contributed by atoms with van der Waals surface area (Å²) in [6, 6.07) is 37.3. The lowest BCUT2D eigenvalue weighted by Gasteiger charge is -2.31. The molecule has 0 fully saturated rings. The Morgan fingerprint density at radius 3 is 1.57 bits per heavy atom. The summed E-state index contributed by atoms with van der Waals surface area (Å²) < 4.78 is 0. The molecule has 0 radical (unpaired) electrons. The fourth-order valence-electron chi connectivity index (χ4n) is 5.86. The average molecular weight is 401 g/mol. The number of hydrogen-bond donors (Lipinski definition) is 0. The van der Waals surface area contributed by atoms with E-state index in [0.29, 0.717) is 0 Å². The standard InChI is InChI=1S/C29H17Cl/c30-28-19-10-2-1-9-18(19)17-23-22-13-5-8-16-26(22)29(27(23)28)24-14-6-3-11-20(24)21-12-4-7-15-25(21)29/h1-17H. The van der Waals surface area contributed by atoms with Crippen LogP contribution in [0.2, 0.25) is 5.02 Å². The summed E-state index contributed by atoms with van der Waals surface area (Å²) in [4.78, 5) is 0. The summed E-state index contributed by atoms with van der Waals surface area (Å²) in [5, 5.41) is 3.17. The van der Waals surface area contributed by atoms with Crippen LogP contribution in [0.1, 0.15) is 22.3 Å². The molecule has 0 saturated carbocycles. The Hall–Kier alpha value is -3.35. The minimum Gasteiger partial charge on any atom is -0.0833 e. The molecule has 0 bridgehead atoms.